The molecule has 31 heavy (non-hydrogen) atoms. The summed E-state index contributed by atoms with van der Waals surface area (Å²) in [6.45, 7) is 4.78. The SMILES string of the molecule is CC(=O)OC[C@H]1O[C@H](OCCCCCCBr)[C@@H](OC(C)=O)[C@@H](OC(C)=O)[C@@H]1OC(C)=O. The zero-order valence-corrected chi connectivity index (χ0v) is 19.9. The molecule has 5 atom stereocenters. The third kappa shape index (κ3) is 10.4. The molecule has 0 N–H and O–H groups in total. The first-order chi connectivity index (χ1) is 14.6. The van der Waals surface area contributed by atoms with Crippen molar-refractivity contribution in [2.75, 3.05) is 18.5 Å². The Bertz CT molecular complexity index is 611. The Kier molecular flexibility index (Phi) is 12.7. The summed E-state index contributed by atoms with van der Waals surface area (Å²) in [5.74, 6) is -2.58. The molecular formula is C20H31BrO10. The standard InChI is InChI=1S/C20H31BrO10/c1-12(22)27-11-16-17(28-13(2)23)18(29-14(3)24)19(30-15(4)25)20(31-16)26-10-8-6-5-7-9-21/h16-20H,5-11H2,1-4H3/t16-,17-,18+,19+,20+/m1/s1. The molecule has 0 aromatic heterocycles. The average molecular weight is 511 g/mol. The van der Waals surface area contributed by atoms with E-state index < -0.39 is 54.6 Å². The molecule has 0 unspecified atom stereocenters. The molecule has 0 amide bonds. The lowest BCUT2D eigenvalue weighted by Crippen LogP contribution is -2.63. The van der Waals surface area contributed by atoms with Gasteiger partial charge in [0.05, 0.1) is 0 Å². The van der Waals surface area contributed by atoms with E-state index in [0.29, 0.717) is 6.61 Å². The highest BCUT2D eigenvalue weighted by molar-refractivity contribution is 9.09. The molecular weight excluding hydrogens is 480 g/mol. The van der Waals surface area contributed by atoms with Gasteiger partial charge in [-0.05, 0) is 12.8 Å². The molecule has 1 heterocycles. The maximum Gasteiger partial charge on any atom is 0.303 e. The number of rotatable bonds is 12. The van der Waals surface area contributed by atoms with Crippen LogP contribution < -0.4 is 0 Å². The van der Waals surface area contributed by atoms with Crippen molar-refractivity contribution in [2.24, 2.45) is 0 Å². The fourth-order valence-electron chi connectivity index (χ4n) is 3.07. The molecule has 1 rings (SSSR count). The van der Waals surface area contributed by atoms with Gasteiger partial charge in [0.1, 0.15) is 12.7 Å². The van der Waals surface area contributed by atoms with E-state index in [2.05, 4.69) is 15.9 Å². The van der Waals surface area contributed by atoms with E-state index in [4.69, 9.17) is 28.4 Å². The molecule has 1 aliphatic rings. The lowest BCUT2D eigenvalue weighted by atomic mass is 9.98. The summed E-state index contributed by atoms with van der Waals surface area (Å²) in [5, 5.41) is 0.924. The van der Waals surface area contributed by atoms with Crippen LogP contribution in [0.25, 0.3) is 0 Å². The lowest BCUT2D eigenvalue weighted by Gasteiger charge is -2.44. The van der Waals surface area contributed by atoms with Crippen molar-refractivity contribution in [1.82, 2.24) is 0 Å². The summed E-state index contributed by atoms with van der Waals surface area (Å²) in [6.07, 6.45) is -1.95. The van der Waals surface area contributed by atoms with E-state index in [1.54, 1.807) is 0 Å². The predicted molar refractivity (Wildman–Crippen MR) is 110 cm³/mol. The summed E-state index contributed by atoms with van der Waals surface area (Å²) < 4.78 is 32.6. The molecule has 0 saturated carbocycles. The molecule has 1 fully saturated rings. The minimum absolute atomic E-state index is 0.275. The van der Waals surface area contributed by atoms with Gasteiger partial charge in [-0.15, -0.1) is 0 Å². The third-order valence-electron chi connectivity index (χ3n) is 4.26. The highest BCUT2D eigenvalue weighted by atomic mass is 79.9. The first-order valence-corrected chi connectivity index (χ1v) is 11.3. The molecule has 10 nitrogen and oxygen atoms in total. The first kappa shape index (κ1) is 27.3. The molecule has 0 aromatic carbocycles. The van der Waals surface area contributed by atoms with Gasteiger partial charge < -0.3 is 28.4 Å². The normalized spacial score (nSPS) is 25.4. The van der Waals surface area contributed by atoms with Crippen LogP contribution in [-0.4, -0.2) is 73.1 Å². The Hall–Kier alpha value is -1.72. The number of ether oxygens (including phenoxy) is 6. The Morgan fingerprint density at radius 3 is 1.84 bits per heavy atom. The summed E-state index contributed by atoms with van der Waals surface area (Å²) >= 11 is 3.38. The molecule has 1 saturated heterocycles. The van der Waals surface area contributed by atoms with Crippen molar-refractivity contribution in [3.63, 3.8) is 0 Å². The summed E-state index contributed by atoms with van der Waals surface area (Å²) in [7, 11) is 0. The van der Waals surface area contributed by atoms with Crippen molar-refractivity contribution in [3.8, 4) is 0 Å². The van der Waals surface area contributed by atoms with Gasteiger partial charge in [0.2, 0.25) is 0 Å². The Morgan fingerprint density at radius 2 is 1.29 bits per heavy atom. The highest BCUT2D eigenvalue weighted by Gasteiger charge is 2.52. The number of hydrogen-bond donors (Lipinski definition) is 0. The summed E-state index contributed by atoms with van der Waals surface area (Å²) in [5.41, 5.74) is 0. The van der Waals surface area contributed by atoms with Crippen molar-refractivity contribution in [1.29, 1.82) is 0 Å². The van der Waals surface area contributed by atoms with Crippen molar-refractivity contribution < 1.29 is 47.6 Å². The maximum atomic E-state index is 11.7. The zero-order chi connectivity index (χ0) is 23.4. The van der Waals surface area contributed by atoms with Gasteiger partial charge in [-0.3, -0.25) is 19.2 Å². The lowest BCUT2D eigenvalue weighted by molar-refractivity contribution is -0.308. The van der Waals surface area contributed by atoms with E-state index in [1.165, 1.54) is 27.7 Å². The van der Waals surface area contributed by atoms with Crippen LogP contribution in [0.1, 0.15) is 53.4 Å². The second-order valence-corrected chi connectivity index (χ2v) is 7.83. The monoisotopic (exact) mass is 510 g/mol. The van der Waals surface area contributed by atoms with Crippen molar-refractivity contribution in [2.45, 2.75) is 84.1 Å². The maximum absolute atomic E-state index is 11.7. The summed E-state index contributed by atoms with van der Waals surface area (Å²) in [4.78, 5) is 46.4. The highest BCUT2D eigenvalue weighted by Crippen LogP contribution is 2.30. The number of carbonyl (C=O) groups excluding carboxylic acids is 4. The van der Waals surface area contributed by atoms with E-state index in [-0.39, 0.29) is 6.61 Å². The molecule has 0 aliphatic carbocycles. The van der Waals surface area contributed by atoms with Crippen LogP contribution in [0.2, 0.25) is 0 Å². The van der Waals surface area contributed by atoms with Gasteiger partial charge >= 0.3 is 23.9 Å². The van der Waals surface area contributed by atoms with Gasteiger partial charge in [-0.1, -0.05) is 28.8 Å². The largest absolute Gasteiger partial charge is 0.463 e. The second-order valence-electron chi connectivity index (χ2n) is 7.04. The van der Waals surface area contributed by atoms with Crippen LogP contribution in [0.3, 0.4) is 0 Å². The van der Waals surface area contributed by atoms with E-state index in [1.807, 2.05) is 0 Å². The number of esters is 4. The minimum atomic E-state index is -1.21. The van der Waals surface area contributed by atoms with E-state index in [9.17, 15) is 19.2 Å². The Labute approximate surface area is 190 Å². The van der Waals surface area contributed by atoms with Gasteiger partial charge in [-0.2, -0.15) is 0 Å². The zero-order valence-electron chi connectivity index (χ0n) is 18.3. The van der Waals surface area contributed by atoms with E-state index in [0.717, 1.165) is 31.0 Å². The quantitative estimate of drug-likeness (QED) is 0.166. The average Bonchev–Trinajstić information content (AvgIpc) is 2.66. The van der Waals surface area contributed by atoms with Crippen LogP contribution in [0.4, 0.5) is 0 Å². The fourth-order valence-corrected chi connectivity index (χ4v) is 3.47. The smallest absolute Gasteiger partial charge is 0.303 e. The Balaban J connectivity index is 3.07. The van der Waals surface area contributed by atoms with Crippen molar-refractivity contribution in [3.05, 3.63) is 0 Å². The second kappa shape index (κ2) is 14.4. The first-order valence-electron chi connectivity index (χ1n) is 10.1. The molecule has 0 spiro atoms. The molecule has 0 aromatic rings. The summed E-state index contributed by atoms with van der Waals surface area (Å²) in [6, 6.07) is 0. The number of alkyl halides is 1. The number of halogens is 1. The number of carbonyl (C=O) groups is 4. The topological polar surface area (TPSA) is 124 Å². The molecule has 0 radical (unpaired) electrons. The molecule has 0 bridgehead atoms. The van der Waals surface area contributed by atoms with Crippen LogP contribution in [0.5, 0.6) is 0 Å². The van der Waals surface area contributed by atoms with Crippen LogP contribution >= 0.6 is 15.9 Å². The van der Waals surface area contributed by atoms with Crippen LogP contribution in [0, 0.1) is 0 Å². The van der Waals surface area contributed by atoms with Gasteiger partial charge in [0.25, 0.3) is 0 Å². The third-order valence-corrected chi connectivity index (χ3v) is 4.82. The predicted octanol–water partition coefficient (Wildman–Crippen LogP) is 2.04. The molecule has 11 heteroatoms. The Morgan fingerprint density at radius 1 is 0.742 bits per heavy atom. The van der Waals surface area contributed by atoms with Gasteiger partial charge in [0, 0.05) is 39.6 Å². The van der Waals surface area contributed by atoms with Gasteiger partial charge in [-0.25, -0.2) is 0 Å². The molecule has 178 valence electrons. The van der Waals surface area contributed by atoms with Gasteiger partial charge in [0.15, 0.2) is 24.6 Å². The van der Waals surface area contributed by atoms with Crippen LogP contribution in [0.15, 0.2) is 0 Å². The number of hydrogen-bond acceptors (Lipinski definition) is 10. The van der Waals surface area contributed by atoms with Crippen molar-refractivity contribution >= 4 is 39.8 Å². The number of unbranched alkanes of at least 4 members (excludes halogenated alkanes) is 3. The van der Waals surface area contributed by atoms with E-state index >= 15 is 0 Å². The molecule has 1 aliphatic heterocycles. The van der Waals surface area contributed by atoms with Crippen LogP contribution in [-0.2, 0) is 47.6 Å². The fraction of sp³-hybridized carbons (Fsp3) is 0.800. The minimum Gasteiger partial charge on any atom is -0.463 e.